The van der Waals surface area contributed by atoms with Crippen LogP contribution in [0.4, 0.5) is 0 Å². The molecule has 2 unspecified atom stereocenters. The highest BCUT2D eigenvalue weighted by atomic mass is 15.3. The summed E-state index contributed by atoms with van der Waals surface area (Å²) in [4.78, 5) is 7.13. The van der Waals surface area contributed by atoms with Gasteiger partial charge in [0.05, 0.1) is 24.0 Å². The Bertz CT molecular complexity index is 589. The second-order valence-corrected chi connectivity index (χ2v) is 6.51. The summed E-state index contributed by atoms with van der Waals surface area (Å²) in [5.74, 6) is 1.96. The Morgan fingerprint density at radius 2 is 1.90 bits per heavy atom. The van der Waals surface area contributed by atoms with E-state index in [4.69, 9.17) is 0 Å². The number of fused-ring (bicyclic) bond motifs is 2. The summed E-state index contributed by atoms with van der Waals surface area (Å²) in [6.07, 6.45) is 9.24. The number of nitrogens with zero attached hydrogens (tertiary/aromatic N) is 3. The van der Waals surface area contributed by atoms with Crippen LogP contribution < -0.4 is 0 Å². The van der Waals surface area contributed by atoms with Gasteiger partial charge in [-0.2, -0.15) is 0 Å². The summed E-state index contributed by atoms with van der Waals surface area (Å²) < 4.78 is 2.30. The molecule has 3 heteroatoms. The molecule has 0 N–H and O–H groups in total. The molecule has 3 nitrogen and oxygen atoms in total. The molecule has 2 atom stereocenters. The molecule has 1 aromatic carbocycles. The second kappa shape index (κ2) is 5.21. The van der Waals surface area contributed by atoms with Gasteiger partial charge in [0.15, 0.2) is 0 Å². The summed E-state index contributed by atoms with van der Waals surface area (Å²) in [6.45, 7) is 3.55. The maximum Gasteiger partial charge on any atom is 0.0969 e. The van der Waals surface area contributed by atoms with Crippen molar-refractivity contribution in [3.05, 3.63) is 30.6 Å². The Labute approximate surface area is 120 Å². The van der Waals surface area contributed by atoms with E-state index in [1.807, 2.05) is 6.33 Å². The first-order chi connectivity index (χ1) is 9.90. The van der Waals surface area contributed by atoms with Crippen LogP contribution in [-0.2, 0) is 6.67 Å². The lowest BCUT2D eigenvalue weighted by molar-refractivity contribution is 0.0673. The molecule has 1 aliphatic carbocycles. The number of likely N-dealkylation sites (tertiary alicyclic amines) is 1. The van der Waals surface area contributed by atoms with Crippen LogP contribution >= 0.6 is 0 Å². The molecule has 0 amide bonds. The van der Waals surface area contributed by atoms with E-state index >= 15 is 0 Å². The van der Waals surface area contributed by atoms with Crippen LogP contribution in [0.2, 0.25) is 0 Å². The Morgan fingerprint density at radius 1 is 1.05 bits per heavy atom. The lowest BCUT2D eigenvalue weighted by Crippen LogP contribution is -2.42. The minimum atomic E-state index is 0.951. The third-order valence-corrected chi connectivity index (χ3v) is 5.26. The van der Waals surface area contributed by atoms with E-state index in [1.165, 1.54) is 50.7 Å². The molecular formula is C17H23N3. The SMILES string of the molecule is c1ccc2c(c1)ncn2CN1CCC2CCCCC2C1. The molecule has 1 saturated heterocycles. The van der Waals surface area contributed by atoms with E-state index < -0.39 is 0 Å². The zero-order valence-electron chi connectivity index (χ0n) is 12.0. The van der Waals surface area contributed by atoms with Gasteiger partial charge in [-0.25, -0.2) is 4.98 Å². The Balaban J connectivity index is 1.49. The van der Waals surface area contributed by atoms with Crippen molar-refractivity contribution in [1.29, 1.82) is 0 Å². The molecular weight excluding hydrogens is 246 g/mol. The second-order valence-electron chi connectivity index (χ2n) is 6.51. The average molecular weight is 269 g/mol. The predicted octanol–water partition coefficient (Wildman–Crippen LogP) is 3.51. The number of hydrogen-bond acceptors (Lipinski definition) is 2. The van der Waals surface area contributed by atoms with Crippen LogP contribution in [0.15, 0.2) is 30.6 Å². The van der Waals surface area contributed by atoms with Crippen LogP contribution in [0.25, 0.3) is 11.0 Å². The number of rotatable bonds is 2. The fourth-order valence-corrected chi connectivity index (χ4v) is 4.14. The first kappa shape index (κ1) is 12.4. The van der Waals surface area contributed by atoms with Crippen molar-refractivity contribution < 1.29 is 0 Å². The van der Waals surface area contributed by atoms with Gasteiger partial charge in [0.25, 0.3) is 0 Å². The molecule has 2 aliphatic rings. The van der Waals surface area contributed by atoms with E-state index in [1.54, 1.807) is 0 Å². The minimum Gasteiger partial charge on any atom is -0.317 e. The molecule has 1 saturated carbocycles. The summed E-state index contributed by atoms with van der Waals surface area (Å²) in [5, 5.41) is 0. The maximum atomic E-state index is 4.50. The molecule has 0 spiro atoms. The topological polar surface area (TPSA) is 21.1 Å². The molecule has 1 aromatic heterocycles. The maximum absolute atomic E-state index is 4.50. The van der Waals surface area contributed by atoms with Gasteiger partial charge in [-0.1, -0.05) is 31.4 Å². The molecule has 2 fully saturated rings. The van der Waals surface area contributed by atoms with E-state index in [2.05, 4.69) is 38.7 Å². The van der Waals surface area contributed by atoms with Gasteiger partial charge < -0.3 is 4.57 Å². The standard InChI is InChI=1S/C17H23N3/c1-2-6-15-11-19(10-9-14(15)5-1)13-20-12-18-16-7-3-4-8-17(16)20/h3-4,7-8,12,14-15H,1-2,5-6,9-11,13H2. The third kappa shape index (κ3) is 2.24. The van der Waals surface area contributed by atoms with Gasteiger partial charge in [0.1, 0.15) is 0 Å². The molecule has 20 heavy (non-hydrogen) atoms. The van der Waals surface area contributed by atoms with Crippen molar-refractivity contribution in [3.63, 3.8) is 0 Å². The van der Waals surface area contributed by atoms with Gasteiger partial charge in [-0.15, -0.1) is 0 Å². The van der Waals surface area contributed by atoms with Crippen molar-refractivity contribution in [2.45, 2.75) is 38.8 Å². The summed E-state index contributed by atoms with van der Waals surface area (Å²) >= 11 is 0. The Morgan fingerprint density at radius 3 is 2.85 bits per heavy atom. The largest absolute Gasteiger partial charge is 0.317 e. The number of imidazole rings is 1. The van der Waals surface area contributed by atoms with Crippen LogP contribution in [-0.4, -0.2) is 27.5 Å². The monoisotopic (exact) mass is 269 g/mol. The highest BCUT2D eigenvalue weighted by Crippen LogP contribution is 2.36. The Hall–Kier alpha value is -1.35. The zero-order chi connectivity index (χ0) is 13.4. The van der Waals surface area contributed by atoms with Crippen LogP contribution in [0, 0.1) is 11.8 Å². The lowest BCUT2D eigenvalue weighted by atomic mass is 9.75. The third-order valence-electron chi connectivity index (χ3n) is 5.26. The van der Waals surface area contributed by atoms with Crippen molar-refractivity contribution in [3.8, 4) is 0 Å². The highest BCUT2D eigenvalue weighted by Gasteiger charge is 2.31. The van der Waals surface area contributed by atoms with Gasteiger partial charge >= 0.3 is 0 Å². The predicted molar refractivity (Wildman–Crippen MR) is 81.4 cm³/mol. The summed E-state index contributed by atoms with van der Waals surface area (Å²) in [7, 11) is 0. The van der Waals surface area contributed by atoms with E-state index in [9.17, 15) is 0 Å². The fourth-order valence-electron chi connectivity index (χ4n) is 4.14. The highest BCUT2D eigenvalue weighted by molar-refractivity contribution is 5.74. The zero-order valence-corrected chi connectivity index (χ0v) is 12.0. The molecule has 0 radical (unpaired) electrons. The van der Waals surface area contributed by atoms with Gasteiger partial charge in [0.2, 0.25) is 0 Å². The molecule has 0 bridgehead atoms. The van der Waals surface area contributed by atoms with Crippen molar-refractivity contribution in [2.75, 3.05) is 13.1 Å². The number of hydrogen-bond donors (Lipinski definition) is 0. The smallest absolute Gasteiger partial charge is 0.0969 e. The number of para-hydroxylation sites is 2. The van der Waals surface area contributed by atoms with Crippen molar-refractivity contribution in [1.82, 2.24) is 14.5 Å². The first-order valence-electron chi connectivity index (χ1n) is 8.02. The fraction of sp³-hybridized carbons (Fsp3) is 0.588. The molecule has 4 rings (SSSR count). The number of aromatic nitrogens is 2. The Kier molecular flexibility index (Phi) is 3.23. The van der Waals surface area contributed by atoms with E-state index in [-0.39, 0.29) is 0 Å². The summed E-state index contributed by atoms with van der Waals surface area (Å²) in [6, 6.07) is 8.44. The molecule has 2 heterocycles. The molecule has 106 valence electrons. The normalized spacial score (nSPS) is 27.6. The number of piperidine rings is 1. The lowest BCUT2D eigenvalue weighted by Gasteiger charge is -2.41. The molecule has 1 aliphatic heterocycles. The molecule has 2 aromatic rings. The van der Waals surface area contributed by atoms with Gasteiger partial charge in [-0.05, 0) is 36.8 Å². The minimum absolute atomic E-state index is 0.951. The van der Waals surface area contributed by atoms with Crippen LogP contribution in [0.1, 0.15) is 32.1 Å². The average Bonchev–Trinajstić information content (AvgIpc) is 2.91. The first-order valence-corrected chi connectivity index (χ1v) is 8.02. The van der Waals surface area contributed by atoms with Gasteiger partial charge in [-0.3, -0.25) is 4.90 Å². The van der Waals surface area contributed by atoms with Crippen molar-refractivity contribution in [2.24, 2.45) is 11.8 Å². The van der Waals surface area contributed by atoms with Gasteiger partial charge in [0, 0.05) is 13.1 Å². The van der Waals surface area contributed by atoms with E-state index in [0.717, 1.165) is 24.0 Å². The van der Waals surface area contributed by atoms with Crippen LogP contribution in [0.5, 0.6) is 0 Å². The number of benzene rings is 1. The van der Waals surface area contributed by atoms with Crippen molar-refractivity contribution >= 4 is 11.0 Å². The quantitative estimate of drug-likeness (QED) is 0.832. The van der Waals surface area contributed by atoms with E-state index in [0.29, 0.717) is 0 Å². The summed E-state index contributed by atoms with van der Waals surface area (Å²) in [5.41, 5.74) is 2.37. The van der Waals surface area contributed by atoms with Crippen LogP contribution in [0.3, 0.4) is 0 Å².